The summed E-state index contributed by atoms with van der Waals surface area (Å²) in [5.74, 6) is 0. The second-order valence-corrected chi connectivity index (χ2v) is 4.10. The predicted molar refractivity (Wildman–Crippen MR) is 69.0 cm³/mol. The van der Waals surface area contributed by atoms with Crippen molar-refractivity contribution >= 4 is 22.1 Å². The largest absolute Gasteiger partial charge is 0.345 e. The molecule has 0 spiro atoms. The second-order valence-electron chi connectivity index (χ2n) is 4.10. The summed E-state index contributed by atoms with van der Waals surface area (Å²) in [4.78, 5) is 7.49. The summed E-state index contributed by atoms with van der Waals surface area (Å²) in [6, 6.07) is 12.0. The van der Waals surface area contributed by atoms with Gasteiger partial charge >= 0.3 is 0 Å². The molecule has 0 saturated carbocycles. The van der Waals surface area contributed by atoms with E-state index >= 15 is 0 Å². The zero-order valence-electron chi connectivity index (χ0n) is 9.38. The molecule has 5 nitrogen and oxygen atoms in total. The summed E-state index contributed by atoms with van der Waals surface area (Å²) in [5, 5.41) is 11.0. The van der Waals surface area contributed by atoms with E-state index in [1.807, 2.05) is 36.4 Å². The summed E-state index contributed by atoms with van der Waals surface area (Å²) >= 11 is 0. The number of nitrogens with zero attached hydrogens (tertiary/aromatic N) is 3. The monoisotopic (exact) mass is 235 g/mol. The number of H-pyrrole nitrogens is 2. The van der Waals surface area contributed by atoms with Crippen molar-refractivity contribution in [3.05, 3.63) is 42.7 Å². The minimum atomic E-state index is 0.861. The summed E-state index contributed by atoms with van der Waals surface area (Å²) < 4.78 is 0. The minimum Gasteiger partial charge on any atom is -0.345 e. The molecule has 2 aromatic heterocycles. The Bertz CT molecular complexity index is 770. The average Bonchev–Trinajstić information content (AvgIpc) is 3.06. The Kier molecular flexibility index (Phi) is 1.77. The lowest BCUT2D eigenvalue weighted by molar-refractivity contribution is 0.959. The van der Waals surface area contributed by atoms with Gasteiger partial charge in [0, 0.05) is 11.1 Å². The number of aromatic nitrogens is 5. The number of hydrogen-bond acceptors (Lipinski definition) is 3. The van der Waals surface area contributed by atoms with E-state index < -0.39 is 0 Å². The van der Waals surface area contributed by atoms with E-state index in [1.54, 1.807) is 6.33 Å². The maximum absolute atomic E-state index is 4.37. The molecule has 2 heterocycles. The zero-order chi connectivity index (χ0) is 11.9. The van der Waals surface area contributed by atoms with Crippen LogP contribution in [0.5, 0.6) is 0 Å². The van der Waals surface area contributed by atoms with Crippen LogP contribution in [0.15, 0.2) is 42.7 Å². The van der Waals surface area contributed by atoms with Gasteiger partial charge in [0.1, 0.15) is 11.0 Å². The first-order valence-electron chi connectivity index (χ1n) is 5.65. The molecule has 0 atom stereocenters. The van der Waals surface area contributed by atoms with Crippen LogP contribution >= 0.6 is 0 Å². The molecule has 0 aliphatic heterocycles. The average molecular weight is 235 g/mol. The minimum absolute atomic E-state index is 0.861. The van der Waals surface area contributed by atoms with E-state index in [0.29, 0.717) is 0 Å². The van der Waals surface area contributed by atoms with E-state index in [2.05, 4.69) is 25.4 Å². The lowest BCUT2D eigenvalue weighted by atomic mass is 10.0. The smallest absolute Gasteiger partial charge is 0.120 e. The molecule has 0 aliphatic rings. The Morgan fingerprint density at radius 2 is 1.67 bits per heavy atom. The normalized spacial score (nSPS) is 11.3. The molecule has 86 valence electrons. The third-order valence-electron chi connectivity index (χ3n) is 3.09. The fourth-order valence-corrected chi connectivity index (χ4v) is 2.27. The van der Waals surface area contributed by atoms with Crippen molar-refractivity contribution < 1.29 is 0 Å². The summed E-state index contributed by atoms with van der Waals surface area (Å²) in [6.45, 7) is 0. The van der Waals surface area contributed by atoms with E-state index in [9.17, 15) is 0 Å². The van der Waals surface area contributed by atoms with Gasteiger partial charge in [-0.2, -0.15) is 15.4 Å². The Morgan fingerprint density at radius 1 is 0.833 bits per heavy atom. The highest BCUT2D eigenvalue weighted by Gasteiger charge is 2.10. The van der Waals surface area contributed by atoms with Gasteiger partial charge in [-0.1, -0.05) is 24.3 Å². The molecule has 0 radical (unpaired) electrons. The van der Waals surface area contributed by atoms with E-state index in [-0.39, 0.29) is 0 Å². The first kappa shape index (κ1) is 9.35. The molecule has 5 heteroatoms. The first-order valence-corrected chi connectivity index (χ1v) is 5.65. The highest BCUT2D eigenvalue weighted by atomic mass is 15.3. The molecular weight excluding hydrogens is 226 g/mol. The third-order valence-corrected chi connectivity index (χ3v) is 3.09. The maximum atomic E-state index is 4.37. The number of fused-ring (bicyclic) bond motifs is 2. The second kappa shape index (κ2) is 3.40. The van der Waals surface area contributed by atoms with Gasteiger partial charge in [-0.3, -0.25) is 0 Å². The van der Waals surface area contributed by atoms with Crippen LogP contribution in [0.25, 0.3) is 33.2 Å². The molecular formula is C13H9N5. The van der Waals surface area contributed by atoms with Gasteiger partial charge in [-0.05, 0) is 12.1 Å². The molecule has 18 heavy (non-hydrogen) atoms. The van der Waals surface area contributed by atoms with Crippen LogP contribution in [-0.2, 0) is 0 Å². The molecule has 4 aromatic rings. The quantitative estimate of drug-likeness (QED) is 0.532. The molecule has 2 N–H and O–H groups in total. The highest BCUT2D eigenvalue weighted by Crippen LogP contribution is 2.30. The number of imidazole rings is 1. The van der Waals surface area contributed by atoms with Crippen molar-refractivity contribution in [3.8, 4) is 11.1 Å². The molecule has 0 amide bonds. The summed E-state index contributed by atoms with van der Waals surface area (Å²) in [7, 11) is 0. The highest BCUT2D eigenvalue weighted by molar-refractivity contribution is 6.00. The van der Waals surface area contributed by atoms with E-state index in [4.69, 9.17) is 0 Å². The number of para-hydroxylation sites is 2. The van der Waals surface area contributed by atoms with Gasteiger partial charge < -0.3 is 4.98 Å². The van der Waals surface area contributed by atoms with Crippen molar-refractivity contribution in [2.75, 3.05) is 0 Å². The summed E-state index contributed by atoms with van der Waals surface area (Å²) in [5.41, 5.74) is 5.81. The van der Waals surface area contributed by atoms with Crippen LogP contribution in [0.2, 0.25) is 0 Å². The maximum Gasteiger partial charge on any atom is 0.120 e. The lowest BCUT2D eigenvalue weighted by Gasteiger charge is -2.02. The number of aromatic amines is 2. The molecule has 0 bridgehead atoms. The Hall–Kier alpha value is -2.69. The fourth-order valence-electron chi connectivity index (χ4n) is 2.27. The molecule has 2 aromatic carbocycles. The Balaban J connectivity index is 2.13. The number of hydrogen-bond donors (Lipinski definition) is 2. The van der Waals surface area contributed by atoms with Crippen LogP contribution in [0.4, 0.5) is 0 Å². The van der Waals surface area contributed by atoms with Crippen LogP contribution < -0.4 is 0 Å². The number of benzene rings is 2. The molecule has 0 aliphatic carbocycles. The van der Waals surface area contributed by atoms with E-state index in [1.165, 1.54) is 0 Å². The van der Waals surface area contributed by atoms with Gasteiger partial charge in [0.05, 0.1) is 17.4 Å². The van der Waals surface area contributed by atoms with Crippen LogP contribution in [-0.4, -0.2) is 25.4 Å². The Labute approximate surface area is 102 Å². The van der Waals surface area contributed by atoms with Crippen LogP contribution in [0, 0.1) is 0 Å². The summed E-state index contributed by atoms with van der Waals surface area (Å²) in [6.07, 6.45) is 1.71. The van der Waals surface area contributed by atoms with Crippen molar-refractivity contribution in [1.29, 1.82) is 0 Å². The zero-order valence-corrected chi connectivity index (χ0v) is 9.38. The van der Waals surface area contributed by atoms with Crippen molar-refractivity contribution in [2.24, 2.45) is 0 Å². The molecule has 0 unspecified atom stereocenters. The number of rotatable bonds is 1. The van der Waals surface area contributed by atoms with E-state index in [0.717, 1.165) is 33.2 Å². The molecule has 0 fully saturated rings. The van der Waals surface area contributed by atoms with Crippen LogP contribution in [0.1, 0.15) is 0 Å². The topological polar surface area (TPSA) is 70.2 Å². The standard InChI is InChI=1S/C13H9N5/c1-3-8(12-10(5-1)14-7-15-12)9-4-2-6-11-13(9)17-18-16-11/h1-7H,(H,14,15)(H,16,17,18). The third kappa shape index (κ3) is 1.18. The van der Waals surface area contributed by atoms with Crippen molar-refractivity contribution in [1.82, 2.24) is 25.4 Å². The lowest BCUT2D eigenvalue weighted by Crippen LogP contribution is -1.83. The van der Waals surface area contributed by atoms with Gasteiger partial charge in [0.25, 0.3) is 0 Å². The fraction of sp³-hybridized carbons (Fsp3) is 0. The van der Waals surface area contributed by atoms with Crippen molar-refractivity contribution in [2.45, 2.75) is 0 Å². The first-order chi connectivity index (χ1) is 8.93. The van der Waals surface area contributed by atoms with Gasteiger partial charge in [0.2, 0.25) is 0 Å². The van der Waals surface area contributed by atoms with Gasteiger partial charge in [-0.25, -0.2) is 4.98 Å². The number of nitrogens with one attached hydrogen (secondary N) is 2. The predicted octanol–water partition coefficient (Wildman–Crippen LogP) is 2.50. The Morgan fingerprint density at radius 3 is 2.61 bits per heavy atom. The van der Waals surface area contributed by atoms with Gasteiger partial charge in [-0.15, -0.1) is 0 Å². The van der Waals surface area contributed by atoms with Crippen molar-refractivity contribution in [3.63, 3.8) is 0 Å². The molecule has 4 rings (SSSR count). The SMILES string of the molecule is c1cc(-c2cccc3[nH]cnc23)c2n[nH]nc2c1. The van der Waals surface area contributed by atoms with Crippen LogP contribution in [0.3, 0.4) is 0 Å². The van der Waals surface area contributed by atoms with Gasteiger partial charge in [0.15, 0.2) is 0 Å². The molecule has 0 saturated heterocycles.